The van der Waals surface area contributed by atoms with E-state index in [2.05, 4.69) is 289 Å². The molecule has 0 aliphatic heterocycles. The quantitative estimate of drug-likeness (QED) is 0.133. The van der Waals surface area contributed by atoms with E-state index in [0.29, 0.717) is 0 Å². The summed E-state index contributed by atoms with van der Waals surface area (Å²) >= 11 is 0. The number of hydrogen-bond donors (Lipinski definition) is 0. The Morgan fingerprint density at radius 3 is 1.32 bits per heavy atom. The molecule has 68 heavy (non-hydrogen) atoms. The number of hydrogen-bond acceptors (Lipinski definition) is 1. The predicted molar refractivity (Wildman–Crippen MR) is 288 cm³/mol. The minimum absolute atomic E-state index is 1.07. The largest absolute Gasteiger partial charge is 0.310 e. The van der Waals surface area contributed by atoms with E-state index in [-0.39, 0.29) is 0 Å². The van der Waals surface area contributed by atoms with Gasteiger partial charge in [-0.2, -0.15) is 0 Å². The van der Waals surface area contributed by atoms with E-state index < -0.39 is 0 Å². The van der Waals surface area contributed by atoms with E-state index in [1.807, 2.05) is 0 Å². The van der Waals surface area contributed by atoms with Crippen LogP contribution in [-0.4, -0.2) is 4.57 Å². The zero-order valence-electron chi connectivity index (χ0n) is 37.5. The normalized spacial score (nSPS) is 11.2. The number of aromatic nitrogens is 1. The zero-order valence-corrected chi connectivity index (χ0v) is 37.5. The second-order valence-electron chi connectivity index (χ2n) is 17.3. The van der Waals surface area contributed by atoms with E-state index >= 15 is 0 Å². The maximum absolute atomic E-state index is 2.38. The van der Waals surface area contributed by atoms with Gasteiger partial charge < -0.3 is 9.47 Å². The van der Waals surface area contributed by atoms with E-state index in [4.69, 9.17) is 0 Å². The van der Waals surface area contributed by atoms with Crippen LogP contribution in [0.2, 0.25) is 0 Å². The molecular weight excluding hydrogens is 821 g/mol. The van der Waals surface area contributed by atoms with E-state index in [0.717, 1.165) is 33.9 Å². The number of anilines is 3. The summed E-state index contributed by atoms with van der Waals surface area (Å²) in [4.78, 5) is 2.38. The summed E-state index contributed by atoms with van der Waals surface area (Å²) in [5.74, 6) is 0. The molecule has 11 aromatic carbocycles. The molecule has 1 aromatic heterocycles. The lowest BCUT2D eigenvalue weighted by molar-refractivity contribution is 1.18. The number of nitrogens with zero attached hydrogens (tertiary/aromatic N) is 2. The molecule has 12 rings (SSSR count). The van der Waals surface area contributed by atoms with E-state index in [9.17, 15) is 0 Å². The fourth-order valence-electron chi connectivity index (χ4n) is 10.0. The van der Waals surface area contributed by atoms with Crippen molar-refractivity contribution >= 4 is 38.9 Å². The number of fused-ring (bicyclic) bond motifs is 3. The summed E-state index contributed by atoms with van der Waals surface area (Å²) in [6, 6.07) is 101. The van der Waals surface area contributed by atoms with Crippen molar-refractivity contribution in [3.63, 3.8) is 0 Å². The molecule has 0 unspecified atom stereocenters. The average molecular weight is 867 g/mol. The van der Waals surface area contributed by atoms with Gasteiger partial charge in [-0.1, -0.05) is 212 Å². The monoisotopic (exact) mass is 866 g/mol. The van der Waals surface area contributed by atoms with Crippen molar-refractivity contribution in [1.82, 2.24) is 4.57 Å². The first-order valence-electron chi connectivity index (χ1n) is 23.3. The maximum Gasteiger partial charge on any atom is 0.0541 e. The Kier molecular flexibility index (Phi) is 10.6. The number of benzene rings is 11. The number of para-hydroxylation sites is 2. The average Bonchev–Trinajstić information content (AvgIpc) is 3.76. The molecule has 0 saturated carbocycles. The Hall–Kier alpha value is -8.98. The highest BCUT2D eigenvalue weighted by molar-refractivity contribution is 6.10. The van der Waals surface area contributed by atoms with Crippen molar-refractivity contribution in [3.05, 3.63) is 279 Å². The summed E-state index contributed by atoms with van der Waals surface area (Å²) in [7, 11) is 0. The Labute approximate surface area is 397 Å². The molecular formula is C66H46N2. The lowest BCUT2D eigenvalue weighted by atomic mass is 9.84. The molecule has 0 fully saturated rings. The highest BCUT2D eigenvalue weighted by Crippen LogP contribution is 2.45. The second-order valence-corrected chi connectivity index (χ2v) is 17.3. The molecule has 0 amide bonds. The van der Waals surface area contributed by atoms with Crippen LogP contribution in [0, 0.1) is 0 Å². The molecule has 0 atom stereocenters. The zero-order chi connectivity index (χ0) is 45.2. The molecule has 2 nitrogen and oxygen atoms in total. The molecule has 2 heteroatoms. The van der Waals surface area contributed by atoms with Gasteiger partial charge in [0.15, 0.2) is 0 Å². The van der Waals surface area contributed by atoms with Gasteiger partial charge in [0.05, 0.1) is 11.0 Å². The number of rotatable bonds is 10. The lowest BCUT2D eigenvalue weighted by Crippen LogP contribution is -2.10. The molecule has 0 aliphatic rings. The smallest absolute Gasteiger partial charge is 0.0541 e. The van der Waals surface area contributed by atoms with Crippen LogP contribution in [0.25, 0.3) is 94.3 Å². The predicted octanol–water partition coefficient (Wildman–Crippen LogP) is 18.3. The molecule has 0 aliphatic carbocycles. The molecule has 1 heterocycles. The van der Waals surface area contributed by atoms with Crippen LogP contribution in [0.3, 0.4) is 0 Å². The van der Waals surface area contributed by atoms with Crippen LogP contribution >= 0.6 is 0 Å². The van der Waals surface area contributed by atoms with Crippen LogP contribution in [-0.2, 0) is 0 Å². The van der Waals surface area contributed by atoms with Crippen molar-refractivity contribution in [1.29, 1.82) is 0 Å². The van der Waals surface area contributed by atoms with Gasteiger partial charge in [0.25, 0.3) is 0 Å². The third kappa shape index (κ3) is 7.54. The van der Waals surface area contributed by atoms with Gasteiger partial charge in [0.2, 0.25) is 0 Å². The SMILES string of the molecule is c1ccc(-c2ccc(N(c3ccc(-c4cccc(-c5ccccc5)c4-c4ccccc4-c4ccccc4)cc3)c3cccc(-c4ccc5c(c4)c4ccccc4n5-c4ccccc4)c3)cc2)cc1. The first kappa shape index (κ1) is 40.5. The fraction of sp³-hybridized carbons (Fsp3) is 0. The van der Waals surface area contributed by atoms with Gasteiger partial charge in [0, 0.05) is 33.5 Å². The topological polar surface area (TPSA) is 8.17 Å². The van der Waals surface area contributed by atoms with Crippen molar-refractivity contribution in [2.24, 2.45) is 0 Å². The minimum atomic E-state index is 1.07. The van der Waals surface area contributed by atoms with Crippen molar-refractivity contribution in [2.45, 2.75) is 0 Å². The van der Waals surface area contributed by atoms with Gasteiger partial charge in [-0.3, -0.25) is 0 Å². The van der Waals surface area contributed by atoms with Crippen LogP contribution in [0.4, 0.5) is 17.1 Å². The molecule has 0 bridgehead atoms. The Morgan fingerprint density at radius 2 is 0.662 bits per heavy atom. The third-order valence-corrected chi connectivity index (χ3v) is 13.2. The Morgan fingerprint density at radius 1 is 0.235 bits per heavy atom. The standard InChI is InChI=1S/C66H46N2/c1-5-19-47(20-6-1)48-35-40-55(41-36-48)67(57-28-17-25-52(45-57)53-39-44-65-63(46-53)61-30-15-16-34-64(61)68(65)54-26-11-4-12-27-54)56-42-37-51(38-43-56)60-33-18-32-59(50-23-9-3-10-24-50)66(60)62-31-14-13-29-58(62)49-21-7-2-8-22-49/h1-46H. The maximum atomic E-state index is 2.38. The van der Waals surface area contributed by atoms with E-state index in [1.54, 1.807) is 0 Å². The van der Waals surface area contributed by atoms with Crippen molar-refractivity contribution in [3.8, 4) is 72.4 Å². The third-order valence-electron chi connectivity index (χ3n) is 13.2. The molecule has 0 N–H and O–H groups in total. The van der Waals surface area contributed by atoms with E-state index in [1.165, 1.54) is 77.4 Å². The highest BCUT2D eigenvalue weighted by Gasteiger charge is 2.20. The highest BCUT2D eigenvalue weighted by atomic mass is 15.1. The van der Waals surface area contributed by atoms with Gasteiger partial charge in [-0.05, 0) is 133 Å². The molecule has 320 valence electrons. The summed E-state index contributed by atoms with van der Waals surface area (Å²) in [5.41, 5.74) is 21.1. The van der Waals surface area contributed by atoms with Crippen LogP contribution < -0.4 is 4.90 Å². The van der Waals surface area contributed by atoms with Crippen molar-refractivity contribution in [2.75, 3.05) is 4.90 Å². The van der Waals surface area contributed by atoms with Crippen LogP contribution in [0.15, 0.2) is 279 Å². The molecule has 12 aromatic rings. The van der Waals surface area contributed by atoms with Gasteiger partial charge >= 0.3 is 0 Å². The van der Waals surface area contributed by atoms with Gasteiger partial charge in [-0.15, -0.1) is 0 Å². The van der Waals surface area contributed by atoms with Gasteiger partial charge in [0.1, 0.15) is 0 Å². The Bertz CT molecular complexity index is 3690. The lowest BCUT2D eigenvalue weighted by Gasteiger charge is -2.27. The molecule has 0 saturated heterocycles. The van der Waals surface area contributed by atoms with Crippen LogP contribution in [0.5, 0.6) is 0 Å². The summed E-state index contributed by atoms with van der Waals surface area (Å²) in [6.45, 7) is 0. The Balaban J connectivity index is 0.982. The molecule has 0 spiro atoms. The summed E-state index contributed by atoms with van der Waals surface area (Å²) in [6.07, 6.45) is 0. The summed E-state index contributed by atoms with van der Waals surface area (Å²) in [5, 5.41) is 2.48. The minimum Gasteiger partial charge on any atom is -0.310 e. The first-order valence-corrected chi connectivity index (χ1v) is 23.3. The van der Waals surface area contributed by atoms with Crippen LogP contribution in [0.1, 0.15) is 0 Å². The second kappa shape index (κ2) is 17.8. The fourth-order valence-corrected chi connectivity index (χ4v) is 10.0. The first-order chi connectivity index (χ1) is 33.7. The molecule has 0 radical (unpaired) electrons. The summed E-state index contributed by atoms with van der Waals surface area (Å²) < 4.78 is 2.37. The van der Waals surface area contributed by atoms with Crippen molar-refractivity contribution < 1.29 is 0 Å². The van der Waals surface area contributed by atoms with Gasteiger partial charge in [-0.25, -0.2) is 0 Å².